The number of hydrogen-bond donors (Lipinski definition) is 0. The molecule has 8 heteroatoms. The van der Waals surface area contributed by atoms with E-state index in [-0.39, 0.29) is 23.8 Å². The lowest BCUT2D eigenvalue weighted by molar-refractivity contribution is -0.722. The van der Waals surface area contributed by atoms with Crippen molar-refractivity contribution in [2.45, 2.75) is 25.4 Å². The highest BCUT2D eigenvalue weighted by atomic mass is 32.2. The number of benzene rings is 1. The number of ketones is 1. The summed E-state index contributed by atoms with van der Waals surface area (Å²) in [6, 6.07) is 6.14. The maximum Gasteiger partial charge on any atom is 0.308 e. The van der Waals surface area contributed by atoms with E-state index in [1.54, 1.807) is 17.1 Å². The number of esters is 2. The van der Waals surface area contributed by atoms with Gasteiger partial charge in [-0.3, -0.25) is 14.4 Å². The highest BCUT2D eigenvalue weighted by Gasteiger charge is 2.17. The first-order valence-electron chi connectivity index (χ1n) is 7.32. The molecule has 130 valence electrons. The molecule has 0 aliphatic carbocycles. The summed E-state index contributed by atoms with van der Waals surface area (Å²) in [6.45, 7) is 2.54. The zero-order valence-corrected chi connectivity index (χ0v) is 14.8. The Balaban J connectivity index is 2.30. The Morgan fingerprint density at radius 1 is 1.08 bits per heavy atom. The fourth-order valence-corrected chi connectivity index (χ4v) is 2.63. The van der Waals surface area contributed by atoms with Crippen molar-refractivity contribution in [3.63, 3.8) is 0 Å². The first kappa shape index (κ1) is 18.6. The average molecular weight is 361 g/mol. The molecule has 0 saturated carbocycles. The third kappa shape index (κ3) is 5.12. The van der Waals surface area contributed by atoms with Crippen LogP contribution in [0.2, 0.25) is 0 Å². The van der Waals surface area contributed by atoms with Gasteiger partial charge in [-0.05, 0) is 24.5 Å². The van der Waals surface area contributed by atoms with Gasteiger partial charge < -0.3 is 9.47 Å². The third-order valence-corrected chi connectivity index (χ3v) is 3.88. The summed E-state index contributed by atoms with van der Waals surface area (Å²) in [4.78, 5) is 38.9. The summed E-state index contributed by atoms with van der Waals surface area (Å²) in [5, 5.41) is 0.889. The number of ether oxygens (including phenoxy) is 2. The summed E-state index contributed by atoms with van der Waals surface area (Å²) in [5.41, 5.74) is 0.329. The summed E-state index contributed by atoms with van der Waals surface area (Å²) >= 11 is 1.50. The molecule has 25 heavy (non-hydrogen) atoms. The highest BCUT2D eigenvalue weighted by molar-refractivity contribution is 7.98. The van der Waals surface area contributed by atoms with Gasteiger partial charge in [0, 0.05) is 25.5 Å². The third-order valence-electron chi connectivity index (χ3n) is 3.09. The summed E-state index contributed by atoms with van der Waals surface area (Å²) in [7, 11) is 0. The van der Waals surface area contributed by atoms with Crippen LogP contribution >= 0.6 is 11.8 Å². The number of carbonyl (C=O) groups excluding carboxylic acids is 3. The molecule has 0 N–H and O–H groups in total. The molecular formula is C17H17N2O5S+. The second-order valence-corrected chi connectivity index (χ2v) is 5.85. The fraction of sp³-hybridized carbons (Fsp3) is 0.235. The van der Waals surface area contributed by atoms with Crippen molar-refractivity contribution in [1.29, 1.82) is 0 Å². The van der Waals surface area contributed by atoms with Gasteiger partial charge >= 0.3 is 11.9 Å². The average Bonchev–Trinajstić information content (AvgIpc) is 2.56. The van der Waals surface area contributed by atoms with Gasteiger partial charge in [0.1, 0.15) is 6.20 Å². The number of nitrogens with zero attached hydrogens (tertiary/aromatic N) is 2. The minimum Gasteiger partial charge on any atom is -0.423 e. The molecule has 2 aromatic rings. The highest BCUT2D eigenvalue weighted by Crippen LogP contribution is 2.29. The van der Waals surface area contributed by atoms with Crippen LogP contribution in [0.1, 0.15) is 24.2 Å². The monoisotopic (exact) mass is 361 g/mol. The molecular weight excluding hydrogens is 344 g/mol. The van der Waals surface area contributed by atoms with Crippen molar-refractivity contribution in [3.05, 3.63) is 42.4 Å². The molecule has 2 rings (SSSR count). The van der Waals surface area contributed by atoms with Gasteiger partial charge in [0.05, 0.1) is 0 Å². The zero-order valence-electron chi connectivity index (χ0n) is 14.0. The molecule has 0 fully saturated rings. The largest absolute Gasteiger partial charge is 0.423 e. The molecule has 0 aliphatic heterocycles. The Morgan fingerprint density at radius 2 is 1.76 bits per heavy atom. The first-order valence-corrected chi connectivity index (χ1v) is 8.54. The smallest absolute Gasteiger partial charge is 0.308 e. The predicted octanol–water partition coefficient (Wildman–Crippen LogP) is 1.82. The van der Waals surface area contributed by atoms with E-state index in [1.165, 1.54) is 43.8 Å². The van der Waals surface area contributed by atoms with E-state index in [1.807, 2.05) is 12.3 Å². The van der Waals surface area contributed by atoms with Crippen LogP contribution in [0.25, 0.3) is 0 Å². The Bertz CT molecular complexity index is 822. The number of rotatable bonds is 6. The normalized spacial score (nSPS) is 10.2. The minimum atomic E-state index is -0.579. The lowest BCUT2D eigenvalue weighted by Crippen LogP contribution is -2.40. The molecule has 0 unspecified atom stereocenters. The molecule has 0 amide bonds. The van der Waals surface area contributed by atoms with E-state index in [9.17, 15) is 14.4 Å². The Morgan fingerprint density at radius 3 is 2.40 bits per heavy atom. The van der Waals surface area contributed by atoms with Crippen molar-refractivity contribution >= 4 is 29.5 Å². The second kappa shape index (κ2) is 8.39. The van der Waals surface area contributed by atoms with E-state index < -0.39 is 11.9 Å². The number of aromatic nitrogens is 2. The van der Waals surface area contributed by atoms with Gasteiger partial charge in [-0.25, -0.2) is 4.57 Å². The Hall–Kier alpha value is -2.74. The first-order chi connectivity index (χ1) is 11.9. The van der Waals surface area contributed by atoms with Gasteiger partial charge in [-0.1, -0.05) is 16.7 Å². The molecule has 0 atom stereocenters. The molecule has 0 bridgehead atoms. The van der Waals surface area contributed by atoms with Crippen LogP contribution in [0.15, 0.2) is 41.8 Å². The molecule has 1 aromatic heterocycles. The predicted molar refractivity (Wildman–Crippen MR) is 89.6 cm³/mol. The molecule has 1 heterocycles. The SMILES string of the molecule is CSc1ccnc[n+]1CC(=O)c1ccc(OC(C)=O)c(OC(C)=O)c1. The van der Waals surface area contributed by atoms with E-state index in [4.69, 9.17) is 9.47 Å². The summed E-state index contributed by atoms with van der Waals surface area (Å²) in [6.07, 6.45) is 5.13. The lowest BCUT2D eigenvalue weighted by Gasteiger charge is -2.10. The van der Waals surface area contributed by atoms with Crippen LogP contribution in [0.4, 0.5) is 0 Å². The molecule has 0 aliphatic rings. The zero-order chi connectivity index (χ0) is 18.4. The molecule has 7 nitrogen and oxygen atoms in total. The van der Waals surface area contributed by atoms with Crippen molar-refractivity contribution < 1.29 is 28.4 Å². The second-order valence-electron chi connectivity index (χ2n) is 5.02. The quantitative estimate of drug-likeness (QED) is 0.194. The van der Waals surface area contributed by atoms with Crippen LogP contribution < -0.4 is 14.0 Å². The van der Waals surface area contributed by atoms with E-state index >= 15 is 0 Å². The van der Waals surface area contributed by atoms with Crippen LogP contribution in [-0.4, -0.2) is 29.0 Å². The van der Waals surface area contributed by atoms with E-state index in [0.29, 0.717) is 5.56 Å². The van der Waals surface area contributed by atoms with Crippen molar-refractivity contribution in [3.8, 4) is 11.5 Å². The minimum absolute atomic E-state index is 0.0230. The number of Topliss-reactive ketones (excluding diaryl/α,β-unsaturated/α-hetero) is 1. The van der Waals surface area contributed by atoms with Crippen molar-refractivity contribution in [2.24, 2.45) is 0 Å². The molecule has 0 radical (unpaired) electrons. The Labute approximate surface area is 149 Å². The summed E-state index contributed by atoms with van der Waals surface area (Å²) in [5.74, 6) is -1.23. The lowest BCUT2D eigenvalue weighted by atomic mass is 10.1. The number of thioether (sulfide) groups is 1. The van der Waals surface area contributed by atoms with Crippen LogP contribution in [-0.2, 0) is 16.1 Å². The van der Waals surface area contributed by atoms with Crippen molar-refractivity contribution in [2.75, 3.05) is 6.26 Å². The topological polar surface area (TPSA) is 86.4 Å². The fourth-order valence-electron chi connectivity index (χ4n) is 2.08. The maximum atomic E-state index is 12.5. The van der Waals surface area contributed by atoms with Crippen LogP contribution in [0, 0.1) is 0 Å². The van der Waals surface area contributed by atoms with Gasteiger partial charge in [0.2, 0.25) is 5.78 Å². The van der Waals surface area contributed by atoms with Crippen LogP contribution in [0.5, 0.6) is 11.5 Å². The summed E-state index contributed by atoms with van der Waals surface area (Å²) < 4.78 is 11.8. The maximum absolute atomic E-state index is 12.5. The number of carbonyl (C=O) groups is 3. The molecule has 0 saturated heterocycles. The number of hydrogen-bond acceptors (Lipinski definition) is 7. The van der Waals surface area contributed by atoms with E-state index in [0.717, 1.165) is 5.03 Å². The van der Waals surface area contributed by atoms with E-state index in [2.05, 4.69) is 4.98 Å². The van der Waals surface area contributed by atoms with Gasteiger partial charge in [0.15, 0.2) is 23.1 Å². The Kier molecular flexibility index (Phi) is 6.24. The standard InChI is InChI=1S/C17H17N2O5S/c1-11(20)23-15-5-4-13(8-16(15)24-12(2)21)14(22)9-19-10-18-7-6-17(19)25-3/h4-8,10H,9H2,1-3H3/q+1. The van der Waals surface area contributed by atoms with Crippen molar-refractivity contribution in [1.82, 2.24) is 4.98 Å². The van der Waals surface area contributed by atoms with Gasteiger partial charge in [-0.2, -0.15) is 0 Å². The van der Waals surface area contributed by atoms with Gasteiger partial charge in [-0.15, -0.1) is 0 Å². The molecule has 0 spiro atoms. The van der Waals surface area contributed by atoms with Gasteiger partial charge in [0.25, 0.3) is 6.33 Å². The van der Waals surface area contributed by atoms with Crippen LogP contribution in [0.3, 0.4) is 0 Å². The molecule has 1 aromatic carbocycles.